The molecule has 27 heteroatoms. The van der Waals surface area contributed by atoms with Crippen LogP contribution in [0.5, 0.6) is 11.5 Å². The minimum atomic E-state index is -1.94. The fourth-order valence-corrected chi connectivity index (χ4v) is 8.85. The van der Waals surface area contributed by atoms with Crippen LogP contribution in [0.15, 0.2) is 22.5 Å². The van der Waals surface area contributed by atoms with E-state index in [9.17, 15) is 54.0 Å². The van der Waals surface area contributed by atoms with E-state index >= 15 is 0 Å². The van der Waals surface area contributed by atoms with Crippen LogP contribution in [-0.4, -0.2) is 175 Å². The van der Waals surface area contributed by atoms with Gasteiger partial charge in [-0.3, -0.25) is 34.3 Å². The predicted octanol–water partition coefficient (Wildman–Crippen LogP) is 0.399. The first kappa shape index (κ1) is 50.8. The van der Waals surface area contributed by atoms with E-state index in [1.165, 1.54) is 16.7 Å². The number of amides is 2. The minimum absolute atomic E-state index is 0.0503. The number of anilines is 2. The molecule has 338 valence electrons. The summed E-state index contributed by atoms with van der Waals surface area (Å²) < 4.78 is 0.641. The highest BCUT2D eigenvalue weighted by molar-refractivity contribution is 8.00. The number of phenolic OH excluding ortho intramolecular Hbond substituents is 2. The SMILES string of the molecule is CCNc1cc(O)c(O)c(Cl)c1C(=O)C(=N)C=O.CNCC[N+]1(CC2=C(C(=O)O)N3C(=O)C(NC(=O)/C(=N\O[C@@H](CC(=O)O)C(=O)O)c4nc(N)sc4Cl)C3SC2)CCC1.CO. The first-order chi connectivity index (χ1) is 29.3. The fraction of sp³-hybridized carbons (Fsp3) is 0.429. The van der Waals surface area contributed by atoms with E-state index in [-0.39, 0.29) is 38.4 Å². The summed E-state index contributed by atoms with van der Waals surface area (Å²) in [6, 6.07) is -0.0418. The van der Waals surface area contributed by atoms with Gasteiger partial charge in [0.25, 0.3) is 11.8 Å². The number of hydrogen-bond donors (Lipinski definition) is 11. The van der Waals surface area contributed by atoms with Crippen molar-refractivity contribution in [2.75, 3.05) is 70.2 Å². The summed E-state index contributed by atoms with van der Waals surface area (Å²) in [5, 5.41) is 72.0. The van der Waals surface area contributed by atoms with Crippen molar-refractivity contribution >= 4 is 110 Å². The van der Waals surface area contributed by atoms with Crippen molar-refractivity contribution in [2.24, 2.45) is 5.16 Å². The third-order valence-electron chi connectivity index (χ3n) is 9.29. The number of phenols is 2. The van der Waals surface area contributed by atoms with Crippen molar-refractivity contribution in [1.82, 2.24) is 20.5 Å². The topological polar surface area (TPSA) is 365 Å². The number of nitrogen functional groups attached to an aromatic ring is 1. The fourth-order valence-electron chi connectivity index (χ4n) is 6.30. The van der Waals surface area contributed by atoms with Crippen LogP contribution in [0.3, 0.4) is 0 Å². The quantitative estimate of drug-likeness (QED) is 0.0104. The second-order valence-corrected chi connectivity index (χ2v) is 16.4. The van der Waals surface area contributed by atoms with E-state index in [2.05, 4.69) is 26.1 Å². The van der Waals surface area contributed by atoms with E-state index in [1.54, 1.807) is 6.92 Å². The zero-order valence-electron chi connectivity index (χ0n) is 33.1. The number of aromatic nitrogens is 1. The van der Waals surface area contributed by atoms with Crippen LogP contribution in [0.1, 0.15) is 35.8 Å². The van der Waals surface area contributed by atoms with Crippen molar-refractivity contribution in [2.45, 2.75) is 37.3 Å². The second-order valence-electron chi connectivity index (χ2n) is 13.3. The maximum Gasteiger partial charge on any atom is 0.352 e. The number of carbonyl (C=O) groups excluding carboxylic acids is 4. The molecule has 0 bridgehead atoms. The molecular formula is C35H44Cl2N9O14S2+. The smallest absolute Gasteiger partial charge is 0.352 e. The van der Waals surface area contributed by atoms with Crippen molar-refractivity contribution in [3.63, 3.8) is 0 Å². The van der Waals surface area contributed by atoms with Crippen LogP contribution < -0.4 is 21.7 Å². The maximum absolute atomic E-state index is 13.3. The number of halogens is 2. The lowest BCUT2D eigenvalue weighted by molar-refractivity contribution is -0.958. The van der Waals surface area contributed by atoms with Gasteiger partial charge in [-0.15, -0.1) is 11.8 Å². The number of Topliss-reactive ketones (excluding diaryl/α,β-unsaturated/α-hetero) is 1. The number of aliphatic hydroxyl groups excluding tert-OH is 1. The van der Waals surface area contributed by atoms with Gasteiger partial charge in [-0.25, -0.2) is 14.6 Å². The largest absolute Gasteiger partial charge is 0.504 e. The summed E-state index contributed by atoms with van der Waals surface area (Å²) in [4.78, 5) is 93.4. The van der Waals surface area contributed by atoms with Gasteiger partial charge >= 0.3 is 17.9 Å². The first-order valence-electron chi connectivity index (χ1n) is 18.1. The van der Waals surface area contributed by atoms with Gasteiger partial charge in [-0.1, -0.05) is 39.7 Å². The Labute approximate surface area is 370 Å². The number of ketones is 1. The molecule has 0 saturated carbocycles. The number of benzene rings is 1. The molecule has 4 heterocycles. The number of likely N-dealkylation sites (tertiary alicyclic amines) is 1. The van der Waals surface area contributed by atoms with Crippen LogP contribution in [0.4, 0.5) is 10.8 Å². The highest BCUT2D eigenvalue weighted by atomic mass is 35.5. The third kappa shape index (κ3) is 11.7. The average molecular weight is 950 g/mol. The highest BCUT2D eigenvalue weighted by Crippen LogP contribution is 2.42. The van der Waals surface area contributed by atoms with E-state index in [0.29, 0.717) is 24.4 Å². The number of quaternary nitrogens is 1. The molecule has 2 aromatic rings. The number of aliphatic hydroxyl groups is 1. The molecule has 2 fully saturated rings. The summed E-state index contributed by atoms with van der Waals surface area (Å²) >= 11 is 14.0. The number of nitrogens with zero attached hydrogens (tertiary/aromatic N) is 4. The van der Waals surface area contributed by atoms with Gasteiger partial charge in [0.05, 0.1) is 42.3 Å². The molecule has 2 amide bonds. The van der Waals surface area contributed by atoms with Gasteiger partial charge in [0.2, 0.25) is 11.9 Å². The number of nitrogens with one attached hydrogen (secondary N) is 4. The zero-order chi connectivity index (χ0) is 46.6. The molecule has 1 aromatic carbocycles. The number of nitrogens with two attached hydrogens (primary N) is 1. The summed E-state index contributed by atoms with van der Waals surface area (Å²) in [5.41, 5.74) is 4.46. The molecule has 0 aliphatic carbocycles. The molecule has 62 heavy (non-hydrogen) atoms. The summed E-state index contributed by atoms with van der Waals surface area (Å²) in [7, 11) is 2.85. The second kappa shape index (κ2) is 22.5. The molecule has 1 aromatic heterocycles. The van der Waals surface area contributed by atoms with Crippen molar-refractivity contribution < 1.29 is 73.5 Å². The lowest BCUT2D eigenvalue weighted by atomic mass is 10.00. The number of rotatable bonds is 19. The Morgan fingerprint density at radius 2 is 1.84 bits per heavy atom. The number of oxime groups is 1. The Kier molecular flexibility index (Phi) is 18.4. The minimum Gasteiger partial charge on any atom is -0.504 e. The van der Waals surface area contributed by atoms with Gasteiger partial charge in [0.1, 0.15) is 39.4 Å². The van der Waals surface area contributed by atoms with Crippen LogP contribution in [0, 0.1) is 5.41 Å². The lowest BCUT2D eigenvalue weighted by Crippen LogP contribution is -2.71. The normalized spacial score (nSPS) is 17.9. The Hall–Kier alpha value is -5.57. The first-order valence-corrected chi connectivity index (χ1v) is 20.8. The number of carboxylic acid groups (broad SMARTS) is 3. The maximum atomic E-state index is 13.3. The van der Waals surface area contributed by atoms with Crippen molar-refractivity contribution in [1.29, 1.82) is 5.41 Å². The van der Waals surface area contributed by atoms with E-state index < -0.39 is 87.4 Å². The Morgan fingerprint density at radius 3 is 2.34 bits per heavy atom. The lowest BCUT2D eigenvalue weighted by Gasteiger charge is -2.51. The van der Waals surface area contributed by atoms with Crippen LogP contribution in [-0.2, 0) is 33.6 Å². The zero-order valence-corrected chi connectivity index (χ0v) is 36.3. The number of likely N-dealkylation sites (N-methyl/N-ethyl adjacent to an activating group) is 1. The molecule has 2 unspecified atom stereocenters. The average Bonchev–Trinajstić information content (AvgIpc) is 3.55. The Bertz CT molecular complexity index is 2170. The summed E-state index contributed by atoms with van der Waals surface area (Å²) in [6.45, 7) is 6.11. The molecule has 0 spiro atoms. The number of aldehydes is 1. The third-order valence-corrected chi connectivity index (χ3v) is 12.1. The van der Waals surface area contributed by atoms with Gasteiger partial charge in [-0.2, -0.15) is 0 Å². The molecule has 3 aliphatic rings. The Balaban J connectivity index is 0.000000428. The van der Waals surface area contributed by atoms with E-state index in [0.717, 1.165) is 61.6 Å². The highest BCUT2D eigenvalue weighted by Gasteiger charge is 2.55. The number of aromatic hydroxyl groups is 2. The van der Waals surface area contributed by atoms with E-state index in [1.807, 2.05) is 7.05 Å². The van der Waals surface area contributed by atoms with Crippen molar-refractivity contribution in [3.05, 3.63) is 38.0 Å². The molecular weight excluding hydrogens is 905 g/mol. The number of thiazole rings is 1. The number of carbonyl (C=O) groups is 7. The predicted molar refractivity (Wildman–Crippen MR) is 226 cm³/mol. The monoisotopic (exact) mass is 948 g/mol. The van der Waals surface area contributed by atoms with Gasteiger partial charge in [0, 0.05) is 44.0 Å². The number of aliphatic carboxylic acids is 3. The summed E-state index contributed by atoms with van der Waals surface area (Å²) in [6.07, 6.45) is -1.78. The number of carboxylic acids is 3. The number of hydrogen-bond acceptors (Lipinski definition) is 19. The van der Waals surface area contributed by atoms with Crippen LogP contribution >= 0.6 is 46.3 Å². The number of fused-ring (bicyclic) bond motifs is 1. The van der Waals surface area contributed by atoms with Crippen LogP contribution in [0.2, 0.25) is 9.36 Å². The Morgan fingerprint density at radius 1 is 1.18 bits per heavy atom. The molecule has 3 atom stereocenters. The standard InChI is InChI=1S/C23H28ClN7O9S2.C11H11ClN2O4.CH4O/c1-26-3-6-31(4-2-5-31)8-10-9-41-20-15(19(35)30(20)16(10)22(38)39)27-18(34)14(13-17(24)42-23(25)28-13)29-40-11(21(36)37)7-12(32)33;1-2-14-6-3-7(16)11(18)9(12)8(6)10(17)5(13)4-15;1-2/h11,15,20,26H,2-9H2,1H3,(H5-,25,27,28,32,33,34,36,37,38,39);3-4,13-14,16,18H,2H2,1H3;2H,1H3/p+1/b29-14-;;/t11-,15?,20?;;/m0../s1. The molecule has 23 nitrogen and oxygen atoms in total. The van der Waals surface area contributed by atoms with Crippen molar-refractivity contribution in [3.8, 4) is 11.5 Å². The molecule has 2 saturated heterocycles. The molecule has 5 rings (SSSR count). The molecule has 12 N–H and O–H groups in total. The van der Waals surface area contributed by atoms with Gasteiger partial charge in [-0.05, 0) is 14.0 Å². The van der Waals surface area contributed by atoms with Gasteiger partial charge in [0.15, 0.2) is 28.6 Å². The summed E-state index contributed by atoms with van der Waals surface area (Å²) in [5.74, 6) is -7.81. The molecule has 3 aliphatic heterocycles. The molecule has 0 radical (unpaired) electrons. The van der Waals surface area contributed by atoms with Crippen LogP contribution in [0.25, 0.3) is 0 Å². The van der Waals surface area contributed by atoms with E-state index in [4.69, 9.17) is 49.4 Å². The number of thioether (sulfide) groups is 1. The number of β-lactam (4-membered cyclic amide) rings is 1. The van der Waals surface area contributed by atoms with Gasteiger partial charge < -0.3 is 61.6 Å².